The van der Waals surface area contributed by atoms with Gasteiger partial charge in [-0.3, -0.25) is 29.2 Å². The molecule has 3 unspecified atom stereocenters. The standard InChI is InChI=1S/C45H71N5O11/c1-26-23-44(7,58-9)41(29(4)39(53)30(5)43(55)61-42-31(6)45(42,56)40(54)28(3)38(26)52)60-37-22-34(21-27(2)59-37)49(8)24-32-16-18-33(19-17-32)35-25-50(48-46-35)20-14-12-10-11-13-15-36(51)47-57/h16-19,25-31,34,37,39-42,53-54,56-57H,10-15,20-24H2,1-9H3,(H,47,51)/t26-,27-,28+,29+,30-,31?,34+,37?,39-,40-,41-,42?,44+,45+/m1/s1. The zero-order chi connectivity index (χ0) is 44.8. The monoisotopic (exact) mass is 858 g/mol. The summed E-state index contributed by atoms with van der Waals surface area (Å²) in [5.74, 6) is -5.16. The van der Waals surface area contributed by atoms with Crippen LogP contribution in [0, 0.1) is 29.6 Å². The number of aliphatic hydroxyl groups excluding tert-OH is 2. The number of aryl methyl sites for hydroxylation is 1. The number of aromatic nitrogens is 3. The molecule has 3 fully saturated rings. The van der Waals surface area contributed by atoms with Crippen LogP contribution < -0.4 is 5.48 Å². The highest BCUT2D eigenvalue weighted by Crippen LogP contribution is 2.51. The van der Waals surface area contributed by atoms with Crippen molar-refractivity contribution in [1.29, 1.82) is 0 Å². The predicted octanol–water partition coefficient (Wildman–Crippen LogP) is 4.44. The number of fused-ring (bicyclic) bond motifs is 1. The van der Waals surface area contributed by atoms with Gasteiger partial charge in [0.15, 0.2) is 6.29 Å². The third-order valence-corrected chi connectivity index (χ3v) is 13.8. The lowest BCUT2D eigenvalue weighted by Crippen LogP contribution is -2.56. The van der Waals surface area contributed by atoms with Crippen LogP contribution in [-0.2, 0) is 46.4 Å². The van der Waals surface area contributed by atoms with Gasteiger partial charge in [-0.05, 0) is 59.1 Å². The van der Waals surface area contributed by atoms with E-state index in [0.717, 1.165) is 61.9 Å². The van der Waals surface area contributed by atoms with Crippen molar-refractivity contribution in [1.82, 2.24) is 25.4 Å². The van der Waals surface area contributed by atoms with Gasteiger partial charge >= 0.3 is 5.97 Å². The number of nitrogens with one attached hydrogen (secondary N) is 1. The van der Waals surface area contributed by atoms with Gasteiger partial charge in [0.25, 0.3) is 0 Å². The summed E-state index contributed by atoms with van der Waals surface area (Å²) in [6, 6.07) is 8.38. The quantitative estimate of drug-likeness (QED) is 0.0726. The number of benzene rings is 1. The Bertz CT molecular complexity index is 1760. The minimum atomic E-state index is -1.76. The SMILES string of the molecule is CO[C@@]1(C)C[C@@H](C)C(=O)[C@H](C)[C@@H](O)[C@@]2(O)C(C)C2OC(=O)[C@H](C)[C@H](O)[C@H](C)[C@H]1OC1C[C@@H](N(C)Cc2ccc(-c3cn(CCCCCCCC(=O)NO)nn3)cc2)C[C@@H](C)O1. The Labute approximate surface area is 360 Å². The molecule has 0 spiro atoms. The number of carbonyl (C=O) groups excluding carboxylic acids is 3. The van der Waals surface area contributed by atoms with Gasteiger partial charge < -0.3 is 34.3 Å². The molecule has 2 aliphatic heterocycles. The smallest absolute Gasteiger partial charge is 0.311 e. The fraction of sp³-hybridized carbons (Fsp3) is 0.756. The van der Waals surface area contributed by atoms with Crippen molar-refractivity contribution in [2.75, 3.05) is 14.2 Å². The highest BCUT2D eigenvalue weighted by molar-refractivity contribution is 5.84. The summed E-state index contributed by atoms with van der Waals surface area (Å²) in [6.45, 7) is 13.7. The molecule has 1 aromatic heterocycles. The number of ketones is 1. The fourth-order valence-corrected chi connectivity index (χ4v) is 9.59. The molecular weight excluding hydrogens is 787 g/mol. The lowest BCUT2D eigenvalue weighted by atomic mass is 9.75. The summed E-state index contributed by atoms with van der Waals surface area (Å²) in [5, 5.41) is 51.6. The van der Waals surface area contributed by atoms with E-state index in [4.69, 9.17) is 24.2 Å². The average molecular weight is 858 g/mol. The first-order chi connectivity index (χ1) is 28.8. The van der Waals surface area contributed by atoms with Crippen LogP contribution in [0.4, 0.5) is 0 Å². The van der Waals surface area contributed by atoms with Crippen LogP contribution in [0.1, 0.15) is 112 Å². The van der Waals surface area contributed by atoms with E-state index in [-0.39, 0.29) is 30.3 Å². The van der Waals surface area contributed by atoms with Crippen molar-refractivity contribution < 1.29 is 53.9 Å². The van der Waals surface area contributed by atoms with E-state index in [1.54, 1.807) is 40.1 Å². The molecule has 14 atom stereocenters. The van der Waals surface area contributed by atoms with Crippen molar-refractivity contribution in [2.45, 2.75) is 173 Å². The molecule has 5 N–H and O–H groups in total. The Morgan fingerprint density at radius 3 is 2.34 bits per heavy atom. The number of Topliss-reactive ketones (excluding diaryl/α,β-unsaturated/α-hetero) is 1. The third-order valence-electron chi connectivity index (χ3n) is 13.8. The van der Waals surface area contributed by atoms with Crippen LogP contribution in [-0.4, -0.2) is 126 Å². The second-order valence-electron chi connectivity index (χ2n) is 18.5. The van der Waals surface area contributed by atoms with Crippen molar-refractivity contribution in [3.63, 3.8) is 0 Å². The van der Waals surface area contributed by atoms with E-state index in [2.05, 4.69) is 46.5 Å². The lowest BCUT2D eigenvalue weighted by molar-refractivity contribution is -0.271. The summed E-state index contributed by atoms with van der Waals surface area (Å²) in [6.07, 6.45) is 3.06. The maximum atomic E-state index is 13.8. The third kappa shape index (κ3) is 11.4. The number of aliphatic hydroxyl groups is 3. The first-order valence-electron chi connectivity index (χ1n) is 22.2. The number of hydroxylamine groups is 1. The summed E-state index contributed by atoms with van der Waals surface area (Å²) >= 11 is 0. The molecule has 2 aromatic rings. The van der Waals surface area contributed by atoms with Crippen LogP contribution in [0.25, 0.3) is 11.3 Å². The molecule has 16 heteroatoms. The first kappa shape index (κ1) is 48.7. The lowest BCUT2D eigenvalue weighted by Gasteiger charge is -2.46. The van der Waals surface area contributed by atoms with Gasteiger partial charge in [-0.25, -0.2) is 5.48 Å². The van der Waals surface area contributed by atoms with E-state index in [1.165, 1.54) is 7.11 Å². The molecule has 1 amide bonds. The number of rotatable bonds is 15. The van der Waals surface area contributed by atoms with Crippen LogP contribution in [0.3, 0.4) is 0 Å². The van der Waals surface area contributed by atoms with Crippen LogP contribution >= 0.6 is 0 Å². The number of unbranched alkanes of at least 4 members (excludes halogenated alkanes) is 4. The molecule has 0 radical (unpaired) electrons. The number of esters is 1. The molecule has 3 aliphatic rings. The number of hydrogen-bond acceptors (Lipinski definition) is 14. The predicted molar refractivity (Wildman–Crippen MR) is 224 cm³/mol. The molecule has 1 aromatic carbocycles. The Kier molecular flexibility index (Phi) is 16.7. The Hall–Kier alpha value is -3.35. The Balaban J connectivity index is 1.23. The highest BCUT2D eigenvalue weighted by atomic mass is 16.7. The molecular formula is C45H71N5O11. The normalized spacial score (nSPS) is 36.2. The number of nitrogens with zero attached hydrogens (tertiary/aromatic N) is 4. The van der Waals surface area contributed by atoms with E-state index in [1.807, 2.05) is 24.7 Å². The molecule has 0 bridgehead atoms. The molecule has 16 nitrogen and oxygen atoms in total. The summed E-state index contributed by atoms with van der Waals surface area (Å²) in [7, 11) is 3.62. The molecule has 61 heavy (non-hydrogen) atoms. The van der Waals surface area contributed by atoms with Gasteiger partial charge in [0.1, 0.15) is 23.2 Å². The molecule has 1 saturated carbocycles. The molecule has 2 saturated heterocycles. The minimum absolute atomic E-state index is 0.0805. The van der Waals surface area contributed by atoms with Crippen LogP contribution in [0.5, 0.6) is 0 Å². The summed E-state index contributed by atoms with van der Waals surface area (Å²) < 4.78 is 27.0. The number of amides is 1. The average Bonchev–Trinajstić information content (AvgIpc) is 3.50. The Morgan fingerprint density at radius 1 is 1.00 bits per heavy atom. The van der Waals surface area contributed by atoms with Crippen molar-refractivity contribution in [2.24, 2.45) is 29.6 Å². The van der Waals surface area contributed by atoms with Gasteiger partial charge in [0.2, 0.25) is 5.91 Å². The second-order valence-corrected chi connectivity index (χ2v) is 18.5. The molecule has 5 rings (SSSR count). The first-order valence-corrected chi connectivity index (χ1v) is 22.2. The van der Waals surface area contributed by atoms with Gasteiger partial charge in [-0.2, -0.15) is 0 Å². The van der Waals surface area contributed by atoms with E-state index >= 15 is 0 Å². The topological polar surface area (TPSA) is 215 Å². The highest BCUT2D eigenvalue weighted by Gasteiger charge is 2.70. The molecule has 3 heterocycles. The summed E-state index contributed by atoms with van der Waals surface area (Å²) in [4.78, 5) is 40.7. The van der Waals surface area contributed by atoms with Crippen LogP contribution in [0.15, 0.2) is 30.5 Å². The maximum absolute atomic E-state index is 13.8. The zero-order valence-electron chi connectivity index (χ0n) is 37.5. The van der Waals surface area contributed by atoms with Gasteiger partial charge in [0.05, 0.1) is 42.1 Å². The van der Waals surface area contributed by atoms with E-state index in [9.17, 15) is 29.7 Å². The largest absolute Gasteiger partial charge is 0.458 e. The van der Waals surface area contributed by atoms with E-state index in [0.29, 0.717) is 19.4 Å². The van der Waals surface area contributed by atoms with Gasteiger partial charge in [-0.1, -0.05) is 76.4 Å². The van der Waals surface area contributed by atoms with Gasteiger partial charge in [0, 0.05) is 68.3 Å². The molecule has 342 valence electrons. The van der Waals surface area contributed by atoms with Crippen LogP contribution in [0.2, 0.25) is 0 Å². The number of hydrogen-bond donors (Lipinski definition) is 5. The number of methoxy groups -OCH3 is 1. The second kappa shape index (κ2) is 20.9. The summed E-state index contributed by atoms with van der Waals surface area (Å²) in [5.41, 5.74) is 1.66. The maximum Gasteiger partial charge on any atom is 0.311 e. The van der Waals surface area contributed by atoms with E-state index < -0.39 is 77.5 Å². The number of carbonyl (C=O) groups is 3. The Morgan fingerprint density at radius 2 is 1.67 bits per heavy atom. The molecule has 1 aliphatic carbocycles. The van der Waals surface area contributed by atoms with Crippen molar-refractivity contribution in [3.8, 4) is 11.3 Å². The zero-order valence-corrected chi connectivity index (χ0v) is 37.5. The van der Waals surface area contributed by atoms with Crippen molar-refractivity contribution in [3.05, 3.63) is 36.0 Å². The van der Waals surface area contributed by atoms with Gasteiger partial charge in [-0.15, -0.1) is 5.10 Å². The fourth-order valence-electron chi connectivity index (χ4n) is 9.59. The number of ether oxygens (including phenoxy) is 4. The minimum Gasteiger partial charge on any atom is -0.458 e. The van der Waals surface area contributed by atoms with Crippen molar-refractivity contribution >= 4 is 17.7 Å².